The molecule has 1 fully saturated rings. The van der Waals surface area contributed by atoms with Crippen molar-refractivity contribution in [2.24, 2.45) is 4.99 Å². The second kappa shape index (κ2) is 13.6. The summed E-state index contributed by atoms with van der Waals surface area (Å²) in [5.41, 5.74) is 7.62. The van der Waals surface area contributed by atoms with Gasteiger partial charge in [-0.05, 0) is 73.9 Å². The van der Waals surface area contributed by atoms with E-state index in [4.69, 9.17) is 21.6 Å². The van der Waals surface area contributed by atoms with Crippen LogP contribution in [0.15, 0.2) is 65.8 Å². The molecule has 0 bridgehead atoms. The largest absolute Gasteiger partial charge is 0.353 e. The van der Waals surface area contributed by atoms with E-state index in [0.717, 1.165) is 55.6 Å². The maximum Gasteiger partial charge on any atom is 0.242 e. The zero-order valence-electron chi connectivity index (χ0n) is 28.9. The molecule has 3 aliphatic rings. The topological polar surface area (TPSA) is 138 Å². The molecule has 0 saturated carbocycles. The molecular weight excluding hydrogens is 698 g/mol. The number of anilines is 2. The van der Waals surface area contributed by atoms with Crippen LogP contribution >= 0.6 is 22.9 Å². The van der Waals surface area contributed by atoms with Crippen LogP contribution in [-0.2, 0) is 20.8 Å². The Kier molecular flexibility index (Phi) is 8.84. The van der Waals surface area contributed by atoms with Crippen molar-refractivity contribution in [3.8, 4) is 16.1 Å². The Bertz CT molecular complexity index is 2250. The maximum absolute atomic E-state index is 13.4. The number of nitrogens with zero attached hydrogens (tertiary/aromatic N) is 7. The quantitative estimate of drug-likeness (QED) is 0.234. The number of carbonyl (C=O) groups excluding carboxylic acids is 3. The first-order chi connectivity index (χ1) is 25.1. The molecular formula is C38H36ClN9O3S. The molecule has 52 heavy (non-hydrogen) atoms. The highest BCUT2D eigenvalue weighted by atomic mass is 35.5. The highest BCUT2D eigenvalue weighted by molar-refractivity contribution is 7.15. The second-order valence-corrected chi connectivity index (χ2v) is 14.9. The molecule has 0 unspecified atom stereocenters. The Morgan fingerprint density at radius 2 is 1.71 bits per heavy atom. The Balaban J connectivity index is 0.904. The van der Waals surface area contributed by atoms with Crippen LogP contribution in [0.1, 0.15) is 51.2 Å². The first-order valence-electron chi connectivity index (χ1n) is 17.2. The van der Waals surface area contributed by atoms with Gasteiger partial charge in [0.05, 0.1) is 25.1 Å². The number of aromatic nitrogens is 4. The van der Waals surface area contributed by atoms with Gasteiger partial charge in [-0.15, -0.1) is 21.5 Å². The number of halogens is 1. The van der Waals surface area contributed by atoms with Gasteiger partial charge in [0.15, 0.2) is 5.82 Å². The van der Waals surface area contributed by atoms with Crippen LogP contribution in [0.2, 0.25) is 5.02 Å². The van der Waals surface area contributed by atoms with E-state index in [9.17, 15) is 14.4 Å². The number of thiophene rings is 1. The number of aryl methyl sites for hydroxylation is 2. The summed E-state index contributed by atoms with van der Waals surface area (Å²) in [5, 5.41) is 16.1. The lowest BCUT2D eigenvalue weighted by Gasteiger charge is -2.35. The summed E-state index contributed by atoms with van der Waals surface area (Å²) in [5.74, 6) is 1.72. The molecule has 8 rings (SSSR count). The smallest absolute Gasteiger partial charge is 0.242 e. The van der Waals surface area contributed by atoms with Gasteiger partial charge >= 0.3 is 0 Å². The summed E-state index contributed by atoms with van der Waals surface area (Å²) in [6.45, 7) is 8.25. The summed E-state index contributed by atoms with van der Waals surface area (Å²) < 4.78 is 2.01. The van der Waals surface area contributed by atoms with Gasteiger partial charge in [-0.2, -0.15) is 0 Å². The molecule has 5 aromatic rings. The zero-order chi connectivity index (χ0) is 36.1. The van der Waals surface area contributed by atoms with Crippen molar-refractivity contribution in [3.63, 3.8) is 0 Å². The van der Waals surface area contributed by atoms with E-state index in [1.54, 1.807) is 16.2 Å². The number of hydrogen-bond donors (Lipinski definition) is 2. The average Bonchev–Trinajstić information content (AvgIpc) is 3.79. The maximum atomic E-state index is 13.4. The van der Waals surface area contributed by atoms with E-state index < -0.39 is 6.04 Å². The molecule has 2 N–H and O–H groups in total. The fourth-order valence-corrected chi connectivity index (χ4v) is 8.34. The van der Waals surface area contributed by atoms with Gasteiger partial charge in [0.2, 0.25) is 17.7 Å². The molecule has 0 radical (unpaired) electrons. The van der Waals surface area contributed by atoms with Crippen molar-refractivity contribution in [2.75, 3.05) is 42.9 Å². The Hall–Kier alpha value is -5.40. The van der Waals surface area contributed by atoms with Gasteiger partial charge in [0, 0.05) is 64.7 Å². The van der Waals surface area contributed by atoms with Crippen LogP contribution in [0.25, 0.3) is 16.1 Å². The highest BCUT2D eigenvalue weighted by Gasteiger charge is 2.33. The predicted octanol–water partition coefficient (Wildman–Crippen LogP) is 5.21. The molecule has 6 heterocycles. The molecule has 1 atom stereocenters. The van der Waals surface area contributed by atoms with Crippen LogP contribution in [0.5, 0.6) is 0 Å². The molecule has 1 saturated heterocycles. The zero-order valence-corrected chi connectivity index (χ0v) is 30.5. The number of rotatable bonds is 7. The summed E-state index contributed by atoms with van der Waals surface area (Å²) in [7, 11) is 0. The van der Waals surface area contributed by atoms with Crippen molar-refractivity contribution in [3.05, 3.63) is 105 Å². The van der Waals surface area contributed by atoms with Crippen LogP contribution in [0.3, 0.4) is 0 Å². The van der Waals surface area contributed by atoms with Gasteiger partial charge in [-0.1, -0.05) is 29.8 Å². The van der Waals surface area contributed by atoms with Crippen molar-refractivity contribution in [1.29, 1.82) is 0 Å². The number of fused-ring (bicyclic) bond motifs is 4. The minimum atomic E-state index is -0.618. The number of pyridine rings is 1. The fraction of sp³-hybridized carbons (Fsp3) is 0.289. The van der Waals surface area contributed by atoms with Gasteiger partial charge < -0.3 is 20.4 Å². The molecule has 0 aliphatic carbocycles. The molecule has 3 aliphatic heterocycles. The molecule has 3 amide bonds. The van der Waals surface area contributed by atoms with Crippen LogP contribution in [0, 0.1) is 20.8 Å². The Morgan fingerprint density at radius 3 is 2.46 bits per heavy atom. The van der Waals surface area contributed by atoms with E-state index in [1.165, 1.54) is 4.88 Å². The number of nitrogens with one attached hydrogen (secondary N) is 2. The number of amides is 3. The fourth-order valence-electron chi connectivity index (χ4n) is 7.00. The van der Waals surface area contributed by atoms with E-state index in [0.29, 0.717) is 49.3 Å². The van der Waals surface area contributed by atoms with E-state index in [2.05, 4.69) is 39.6 Å². The van der Waals surface area contributed by atoms with Crippen molar-refractivity contribution < 1.29 is 14.4 Å². The van der Waals surface area contributed by atoms with Gasteiger partial charge in [-0.3, -0.25) is 23.9 Å². The standard InChI is InChI=1S/C38H36ClN9O3S/c1-21-22(2)52-38-35(21)36(24-4-8-28(39)9-5-24)43-30(37-45-44-23(3)48(37)38)18-32(49)41-20-34(51)47-14-12-46(13-15-47)31-11-7-26(19-40-31)25-6-10-29-27(16-25)17-33(50)42-29/h4-11,16,19,30H,12-15,17-18,20H2,1-3H3,(H,41,49)(H,42,50)/t30-/m0/s1. The lowest BCUT2D eigenvalue weighted by molar-refractivity contribution is -0.133. The second-order valence-electron chi connectivity index (χ2n) is 13.3. The first-order valence-corrected chi connectivity index (χ1v) is 18.4. The average molecular weight is 734 g/mol. The van der Waals surface area contributed by atoms with E-state index in [-0.39, 0.29) is 30.7 Å². The highest BCUT2D eigenvalue weighted by Crippen LogP contribution is 2.39. The molecule has 0 spiro atoms. The molecule has 264 valence electrons. The SMILES string of the molecule is Cc1sc2c(c1C)C(c1ccc(Cl)cc1)=N[C@@H](CC(=O)NCC(=O)N1CCN(c3ccc(-c4ccc5c(c4)CC(=O)N5)cn3)CC1)c1nnc(C)n1-2. The normalized spacial score (nSPS) is 16.4. The van der Waals surface area contributed by atoms with Gasteiger partial charge in [-0.25, -0.2) is 4.98 Å². The van der Waals surface area contributed by atoms with Gasteiger partial charge in [0.25, 0.3) is 0 Å². The van der Waals surface area contributed by atoms with Crippen molar-refractivity contribution in [1.82, 2.24) is 30.0 Å². The van der Waals surface area contributed by atoms with E-state index >= 15 is 0 Å². The summed E-state index contributed by atoms with van der Waals surface area (Å²) in [4.78, 5) is 53.3. The van der Waals surface area contributed by atoms with Crippen molar-refractivity contribution in [2.45, 2.75) is 39.7 Å². The van der Waals surface area contributed by atoms with Gasteiger partial charge in [0.1, 0.15) is 22.7 Å². The summed E-state index contributed by atoms with van der Waals surface area (Å²) in [6, 6.07) is 16.9. The third-order valence-corrected chi connectivity index (χ3v) is 11.4. The summed E-state index contributed by atoms with van der Waals surface area (Å²) in [6.07, 6.45) is 2.24. The first kappa shape index (κ1) is 33.7. The molecule has 2 aromatic carbocycles. The van der Waals surface area contributed by atoms with Crippen molar-refractivity contribution >= 4 is 57.9 Å². The van der Waals surface area contributed by atoms with E-state index in [1.807, 2.05) is 72.3 Å². The lowest BCUT2D eigenvalue weighted by atomic mass is 9.99. The number of piperazine rings is 1. The number of aliphatic imine (C=N–C) groups is 1. The number of benzene rings is 2. The third-order valence-electron chi connectivity index (χ3n) is 9.94. The molecule has 14 heteroatoms. The predicted molar refractivity (Wildman–Crippen MR) is 202 cm³/mol. The monoisotopic (exact) mass is 733 g/mol. The van der Waals surface area contributed by atoms with Crippen LogP contribution in [0.4, 0.5) is 11.5 Å². The van der Waals surface area contributed by atoms with Crippen LogP contribution < -0.4 is 15.5 Å². The number of carbonyl (C=O) groups is 3. The van der Waals surface area contributed by atoms with Crippen LogP contribution in [-0.4, -0.2) is 80.8 Å². The molecule has 3 aromatic heterocycles. The molecule has 12 nitrogen and oxygen atoms in total. The Morgan fingerprint density at radius 1 is 0.962 bits per heavy atom. The number of hydrogen-bond acceptors (Lipinski definition) is 9. The third kappa shape index (κ3) is 6.34. The Labute approximate surface area is 309 Å². The summed E-state index contributed by atoms with van der Waals surface area (Å²) >= 11 is 7.88. The lowest BCUT2D eigenvalue weighted by Crippen LogP contribution is -2.51. The minimum Gasteiger partial charge on any atom is -0.353 e. The minimum absolute atomic E-state index is 0.00534.